The summed E-state index contributed by atoms with van der Waals surface area (Å²) in [7, 11) is 0. The van der Waals surface area contributed by atoms with Crippen LogP contribution >= 0.6 is 0 Å². The fourth-order valence-corrected chi connectivity index (χ4v) is 2.15. The van der Waals surface area contributed by atoms with E-state index >= 15 is 0 Å². The normalized spacial score (nSPS) is 14.0. The van der Waals surface area contributed by atoms with Crippen molar-refractivity contribution >= 4 is 11.6 Å². The van der Waals surface area contributed by atoms with Crippen LogP contribution < -0.4 is 10.5 Å². The molecule has 0 bridgehead atoms. The highest BCUT2D eigenvalue weighted by Gasteiger charge is 2.29. The highest BCUT2D eigenvalue weighted by Crippen LogP contribution is 2.31. The average Bonchev–Trinajstić information content (AvgIpc) is 3.27. The summed E-state index contributed by atoms with van der Waals surface area (Å²) in [5.41, 5.74) is 7.09. The molecule has 0 atom stereocenters. The number of hydrogen-bond acceptors (Lipinski definition) is 5. The topological polar surface area (TPSA) is 78.1 Å². The van der Waals surface area contributed by atoms with Crippen molar-refractivity contribution in [1.82, 2.24) is 9.97 Å². The smallest absolute Gasteiger partial charge is 0.148 e. The maximum absolute atomic E-state index is 11.8. The lowest BCUT2D eigenvalue weighted by atomic mass is 10.1. The molecule has 2 heterocycles. The second kappa shape index (κ2) is 5.52. The SMILES string of the molecule is Cc1nc(N)ccc1Oc1ccnc(CC(=O)C2CC2)c1. The first kappa shape index (κ1) is 13.5. The molecule has 1 aliphatic rings. The van der Waals surface area contributed by atoms with Gasteiger partial charge in [0.05, 0.1) is 11.4 Å². The molecule has 1 aliphatic carbocycles. The van der Waals surface area contributed by atoms with Gasteiger partial charge in [-0.1, -0.05) is 0 Å². The molecule has 21 heavy (non-hydrogen) atoms. The lowest BCUT2D eigenvalue weighted by Gasteiger charge is -2.09. The van der Waals surface area contributed by atoms with Crippen LogP contribution in [0.1, 0.15) is 24.2 Å². The Morgan fingerprint density at radius 2 is 2.19 bits per heavy atom. The number of pyridine rings is 2. The standard InChI is InChI=1S/C16H17N3O2/c1-10-15(4-5-16(17)19-10)21-13-6-7-18-12(8-13)9-14(20)11-2-3-11/h4-8,11H,2-3,9H2,1H3,(H2,17,19). The van der Waals surface area contributed by atoms with Gasteiger partial charge in [0.2, 0.25) is 0 Å². The molecule has 0 radical (unpaired) electrons. The van der Waals surface area contributed by atoms with Crippen LogP contribution in [0.3, 0.4) is 0 Å². The van der Waals surface area contributed by atoms with Crippen molar-refractivity contribution in [1.29, 1.82) is 0 Å². The van der Waals surface area contributed by atoms with Gasteiger partial charge in [-0.2, -0.15) is 0 Å². The predicted octanol–water partition coefficient (Wildman–Crippen LogP) is 2.68. The lowest BCUT2D eigenvalue weighted by Crippen LogP contribution is -2.06. The largest absolute Gasteiger partial charge is 0.455 e. The number of Topliss-reactive ketones (excluding diaryl/α,β-unsaturated/α-hetero) is 1. The Morgan fingerprint density at radius 1 is 1.38 bits per heavy atom. The number of carbonyl (C=O) groups excluding carboxylic acids is 1. The third-order valence-electron chi connectivity index (χ3n) is 3.46. The van der Waals surface area contributed by atoms with Crippen molar-refractivity contribution in [2.24, 2.45) is 5.92 Å². The van der Waals surface area contributed by atoms with Gasteiger partial charge in [-0.3, -0.25) is 9.78 Å². The Kier molecular flexibility index (Phi) is 3.56. The van der Waals surface area contributed by atoms with Crippen LogP contribution in [-0.4, -0.2) is 15.8 Å². The van der Waals surface area contributed by atoms with E-state index in [-0.39, 0.29) is 11.7 Å². The minimum Gasteiger partial charge on any atom is -0.455 e. The summed E-state index contributed by atoms with van der Waals surface area (Å²) >= 11 is 0. The number of ketones is 1. The van der Waals surface area contributed by atoms with Crippen LogP contribution in [0.5, 0.6) is 11.5 Å². The van der Waals surface area contributed by atoms with Crippen molar-refractivity contribution in [3.63, 3.8) is 0 Å². The average molecular weight is 283 g/mol. The monoisotopic (exact) mass is 283 g/mol. The van der Waals surface area contributed by atoms with Crippen LogP contribution in [0.2, 0.25) is 0 Å². The summed E-state index contributed by atoms with van der Waals surface area (Å²) in [5, 5.41) is 0. The van der Waals surface area contributed by atoms with Crippen LogP contribution in [0, 0.1) is 12.8 Å². The summed E-state index contributed by atoms with van der Waals surface area (Å²) in [6.45, 7) is 1.84. The molecule has 3 rings (SSSR count). The molecule has 0 saturated heterocycles. The Labute approximate surface area is 123 Å². The minimum absolute atomic E-state index is 0.250. The highest BCUT2D eigenvalue weighted by atomic mass is 16.5. The molecule has 1 saturated carbocycles. The minimum atomic E-state index is 0.250. The highest BCUT2D eigenvalue weighted by molar-refractivity contribution is 5.84. The van der Waals surface area contributed by atoms with Gasteiger partial charge in [-0.25, -0.2) is 4.98 Å². The Balaban J connectivity index is 1.74. The van der Waals surface area contributed by atoms with E-state index in [2.05, 4.69) is 9.97 Å². The molecule has 5 heteroatoms. The van der Waals surface area contributed by atoms with E-state index in [4.69, 9.17) is 10.5 Å². The molecule has 2 aromatic rings. The van der Waals surface area contributed by atoms with E-state index in [0.717, 1.165) is 24.2 Å². The van der Waals surface area contributed by atoms with Gasteiger partial charge >= 0.3 is 0 Å². The Hall–Kier alpha value is -2.43. The first-order chi connectivity index (χ1) is 10.1. The summed E-state index contributed by atoms with van der Waals surface area (Å²) < 4.78 is 5.79. The van der Waals surface area contributed by atoms with E-state index in [1.807, 2.05) is 6.92 Å². The van der Waals surface area contributed by atoms with Gasteiger partial charge in [0.25, 0.3) is 0 Å². The van der Waals surface area contributed by atoms with Crippen LogP contribution in [0.25, 0.3) is 0 Å². The predicted molar refractivity (Wildman–Crippen MR) is 79.1 cm³/mol. The fourth-order valence-electron chi connectivity index (χ4n) is 2.15. The zero-order valence-corrected chi connectivity index (χ0v) is 11.9. The maximum atomic E-state index is 11.8. The maximum Gasteiger partial charge on any atom is 0.148 e. The van der Waals surface area contributed by atoms with E-state index < -0.39 is 0 Å². The number of nitrogen functional groups attached to an aromatic ring is 1. The summed E-state index contributed by atoms with van der Waals surface area (Å²) in [5.74, 6) is 2.28. The van der Waals surface area contributed by atoms with Crippen molar-refractivity contribution in [3.05, 3.63) is 41.9 Å². The van der Waals surface area contributed by atoms with Crippen molar-refractivity contribution < 1.29 is 9.53 Å². The quantitative estimate of drug-likeness (QED) is 0.912. The van der Waals surface area contributed by atoms with Gasteiger partial charge in [0.1, 0.15) is 23.1 Å². The van der Waals surface area contributed by atoms with E-state index in [0.29, 0.717) is 23.7 Å². The molecular weight excluding hydrogens is 266 g/mol. The van der Waals surface area contributed by atoms with Crippen molar-refractivity contribution in [2.75, 3.05) is 5.73 Å². The molecule has 1 fully saturated rings. The first-order valence-electron chi connectivity index (χ1n) is 7.00. The van der Waals surface area contributed by atoms with Gasteiger partial charge in [-0.15, -0.1) is 0 Å². The summed E-state index contributed by atoms with van der Waals surface area (Å²) in [6, 6.07) is 7.05. The zero-order chi connectivity index (χ0) is 14.8. The molecular formula is C16H17N3O2. The second-order valence-corrected chi connectivity index (χ2v) is 5.32. The number of nitrogens with two attached hydrogens (primary N) is 1. The number of anilines is 1. The summed E-state index contributed by atoms with van der Waals surface area (Å²) in [6.07, 6.45) is 4.07. The van der Waals surface area contributed by atoms with Crippen LogP contribution in [-0.2, 0) is 11.2 Å². The zero-order valence-electron chi connectivity index (χ0n) is 11.9. The number of aryl methyl sites for hydroxylation is 1. The third kappa shape index (κ3) is 3.37. The molecule has 0 spiro atoms. The van der Waals surface area contributed by atoms with Gasteiger partial charge in [-0.05, 0) is 38.0 Å². The fraction of sp³-hybridized carbons (Fsp3) is 0.312. The molecule has 2 aromatic heterocycles. The molecule has 5 nitrogen and oxygen atoms in total. The van der Waals surface area contributed by atoms with E-state index in [1.165, 1.54) is 0 Å². The molecule has 2 N–H and O–H groups in total. The van der Waals surface area contributed by atoms with E-state index in [9.17, 15) is 4.79 Å². The second-order valence-electron chi connectivity index (χ2n) is 5.32. The number of nitrogens with zero attached hydrogens (tertiary/aromatic N) is 2. The molecule has 0 aromatic carbocycles. The van der Waals surface area contributed by atoms with E-state index in [1.54, 1.807) is 30.5 Å². The molecule has 0 aliphatic heterocycles. The first-order valence-corrected chi connectivity index (χ1v) is 7.00. The Morgan fingerprint density at radius 3 is 2.90 bits per heavy atom. The van der Waals surface area contributed by atoms with Crippen molar-refractivity contribution in [3.8, 4) is 11.5 Å². The molecule has 108 valence electrons. The number of ether oxygens (including phenoxy) is 1. The summed E-state index contributed by atoms with van der Waals surface area (Å²) in [4.78, 5) is 20.2. The Bertz CT molecular complexity index is 681. The molecule has 0 unspecified atom stereocenters. The van der Waals surface area contributed by atoms with Crippen LogP contribution in [0.4, 0.5) is 5.82 Å². The molecule has 0 amide bonds. The van der Waals surface area contributed by atoms with Gasteiger partial charge in [0.15, 0.2) is 0 Å². The number of hydrogen-bond donors (Lipinski definition) is 1. The van der Waals surface area contributed by atoms with Crippen molar-refractivity contribution in [2.45, 2.75) is 26.2 Å². The number of carbonyl (C=O) groups is 1. The van der Waals surface area contributed by atoms with Gasteiger partial charge < -0.3 is 10.5 Å². The van der Waals surface area contributed by atoms with Gasteiger partial charge in [0, 0.05) is 24.6 Å². The number of rotatable bonds is 5. The number of aromatic nitrogens is 2. The lowest BCUT2D eigenvalue weighted by molar-refractivity contribution is -0.119. The van der Waals surface area contributed by atoms with Crippen LogP contribution in [0.15, 0.2) is 30.5 Å². The third-order valence-corrected chi connectivity index (χ3v) is 3.46.